The maximum atomic E-state index is 11.9. The molecule has 0 bridgehead atoms. The number of anilines is 1. The van der Waals surface area contributed by atoms with Gasteiger partial charge in [-0.2, -0.15) is 0 Å². The molecule has 3 rings (SSSR count). The number of nitro groups is 1. The summed E-state index contributed by atoms with van der Waals surface area (Å²) >= 11 is 3.23. The van der Waals surface area contributed by atoms with E-state index in [4.69, 9.17) is 0 Å². The summed E-state index contributed by atoms with van der Waals surface area (Å²) in [5.74, 6) is 0.677. The van der Waals surface area contributed by atoms with E-state index in [1.54, 1.807) is 35.2 Å². The van der Waals surface area contributed by atoms with E-state index in [1.807, 2.05) is 24.3 Å². The Hall–Kier alpha value is -2.65. The molecule has 0 atom stereocenters. The van der Waals surface area contributed by atoms with Gasteiger partial charge in [0.05, 0.1) is 15.1 Å². The van der Waals surface area contributed by atoms with Crippen molar-refractivity contribution >= 4 is 50.6 Å². The molecule has 3 aromatic rings. The molecule has 2 N–H and O–H groups in total. The molecule has 1 heterocycles. The summed E-state index contributed by atoms with van der Waals surface area (Å²) in [6.45, 7) is 1.04. The molecule has 0 aliphatic carbocycles. The minimum Gasteiger partial charge on any atom is -0.383 e. The highest BCUT2D eigenvalue weighted by Crippen LogP contribution is 2.29. The molecule has 27 heavy (non-hydrogen) atoms. The number of carbonyl (C=O) groups excluding carboxylic acids is 1. The Morgan fingerprint density at radius 3 is 2.67 bits per heavy atom. The zero-order valence-corrected chi connectivity index (χ0v) is 16.0. The Labute approximate surface area is 164 Å². The maximum absolute atomic E-state index is 11.9. The Bertz CT molecular complexity index is 895. The molecule has 140 valence electrons. The number of aromatic nitrogens is 1. The van der Waals surface area contributed by atoms with Gasteiger partial charge in [0.15, 0.2) is 4.34 Å². The number of fused-ring (bicyclic) bond motifs is 1. The molecule has 0 radical (unpaired) electrons. The zero-order chi connectivity index (χ0) is 19.1. The first-order valence-electron chi connectivity index (χ1n) is 8.35. The zero-order valence-electron chi connectivity index (χ0n) is 14.4. The van der Waals surface area contributed by atoms with Gasteiger partial charge in [-0.15, -0.1) is 11.3 Å². The summed E-state index contributed by atoms with van der Waals surface area (Å²) in [6, 6.07) is 14.2. The summed E-state index contributed by atoms with van der Waals surface area (Å²) in [7, 11) is 0. The summed E-state index contributed by atoms with van der Waals surface area (Å²) < 4.78 is 2.13. The fourth-order valence-electron chi connectivity index (χ4n) is 2.34. The van der Waals surface area contributed by atoms with E-state index in [2.05, 4.69) is 15.6 Å². The first-order chi connectivity index (χ1) is 13.1. The number of hydrogen-bond donors (Lipinski definition) is 2. The molecule has 9 heteroatoms. The van der Waals surface area contributed by atoms with Crippen LogP contribution in [0.25, 0.3) is 10.2 Å². The van der Waals surface area contributed by atoms with E-state index in [0.717, 1.165) is 20.2 Å². The van der Waals surface area contributed by atoms with Crippen molar-refractivity contribution in [3.05, 3.63) is 58.6 Å². The first-order valence-corrected chi connectivity index (χ1v) is 10.2. The van der Waals surface area contributed by atoms with Crippen molar-refractivity contribution < 1.29 is 9.72 Å². The minimum atomic E-state index is -0.434. The van der Waals surface area contributed by atoms with Crippen molar-refractivity contribution in [2.24, 2.45) is 0 Å². The standard InChI is InChI=1S/C18H18N4O3S2/c23-17(9-12-26-18-21-15-3-1-2-4-16(15)27-18)20-11-10-19-13-5-7-14(8-6-13)22(24)25/h1-8,19H,9-12H2,(H,20,23). The molecule has 0 aliphatic rings. The third kappa shape index (κ3) is 5.66. The SMILES string of the molecule is O=C(CCSc1nc2ccccc2s1)NCCNc1ccc([N+](=O)[O-])cc1. The predicted molar refractivity (Wildman–Crippen MR) is 110 cm³/mol. The van der Waals surface area contributed by atoms with Crippen molar-refractivity contribution in [1.82, 2.24) is 10.3 Å². The van der Waals surface area contributed by atoms with Crippen LogP contribution in [0.2, 0.25) is 0 Å². The van der Waals surface area contributed by atoms with Crippen LogP contribution in [0, 0.1) is 10.1 Å². The molecular weight excluding hydrogens is 384 g/mol. The topological polar surface area (TPSA) is 97.2 Å². The van der Waals surface area contributed by atoms with Crippen LogP contribution >= 0.6 is 23.1 Å². The van der Waals surface area contributed by atoms with Gasteiger partial charge in [-0.25, -0.2) is 4.98 Å². The fraction of sp³-hybridized carbons (Fsp3) is 0.222. The molecule has 7 nitrogen and oxygen atoms in total. The lowest BCUT2D eigenvalue weighted by atomic mass is 10.3. The van der Waals surface area contributed by atoms with Crippen LogP contribution in [0.1, 0.15) is 6.42 Å². The number of non-ortho nitro benzene ring substituents is 1. The maximum Gasteiger partial charge on any atom is 0.269 e. The number of thioether (sulfide) groups is 1. The van der Waals surface area contributed by atoms with Crippen molar-refractivity contribution in [1.29, 1.82) is 0 Å². The van der Waals surface area contributed by atoms with Crippen LogP contribution in [0.4, 0.5) is 11.4 Å². The summed E-state index contributed by atoms with van der Waals surface area (Å²) in [6.07, 6.45) is 0.429. The van der Waals surface area contributed by atoms with Crippen LogP contribution in [0.5, 0.6) is 0 Å². The molecule has 2 aromatic carbocycles. The first kappa shape index (κ1) is 19.1. The molecular formula is C18H18N4O3S2. The average molecular weight is 403 g/mol. The number of hydrogen-bond acceptors (Lipinski definition) is 7. The van der Waals surface area contributed by atoms with E-state index >= 15 is 0 Å². The van der Waals surface area contributed by atoms with E-state index in [0.29, 0.717) is 25.3 Å². The number of nitrogens with one attached hydrogen (secondary N) is 2. The number of para-hydroxylation sites is 1. The van der Waals surface area contributed by atoms with E-state index < -0.39 is 4.92 Å². The Morgan fingerprint density at radius 1 is 1.15 bits per heavy atom. The third-order valence-corrected chi connectivity index (χ3v) is 5.86. The fourth-order valence-corrected chi connectivity index (χ4v) is 4.42. The monoisotopic (exact) mass is 402 g/mol. The predicted octanol–water partition coefficient (Wildman–Crippen LogP) is 3.92. The van der Waals surface area contributed by atoms with E-state index in [1.165, 1.54) is 12.1 Å². The highest BCUT2D eigenvalue weighted by atomic mass is 32.2. The molecule has 0 spiro atoms. The smallest absolute Gasteiger partial charge is 0.269 e. The second-order valence-corrected chi connectivity index (χ2v) is 8.00. The van der Waals surface area contributed by atoms with Crippen LogP contribution < -0.4 is 10.6 Å². The highest BCUT2D eigenvalue weighted by molar-refractivity contribution is 8.01. The minimum absolute atomic E-state index is 0.00545. The van der Waals surface area contributed by atoms with Crippen LogP contribution in [0.3, 0.4) is 0 Å². The Balaban J connectivity index is 1.32. The lowest BCUT2D eigenvalue weighted by molar-refractivity contribution is -0.384. The molecule has 0 fully saturated rings. The Morgan fingerprint density at radius 2 is 1.93 bits per heavy atom. The number of nitro benzene ring substituents is 1. The molecule has 0 aliphatic heterocycles. The number of thiazole rings is 1. The van der Waals surface area contributed by atoms with Gasteiger partial charge in [-0.3, -0.25) is 14.9 Å². The lowest BCUT2D eigenvalue weighted by Gasteiger charge is -2.07. The van der Waals surface area contributed by atoms with Crippen LogP contribution in [-0.4, -0.2) is 34.7 Å². The average Bonchev–Trinajstić information content (AvgIpc) is 3.08. The largest absolute Gasteiger partial charge is 0.383 e. The van der Waals surface area contributed by atoms with E-state index in [9.17, 15) is 14.9 Å². The van der Waals surface area contributed by atoms with Crippen molar-refractivity contribution in [2.45, 2.75) is 10.8 Å². The van der Waals surface area contributed by atoms with Gasteiger partial charge in [-0.05, 0) is 24.3 Å². The van der Waals surface area contributed by atoms with Gasteiger partial charge >= 0.3 is 0 Å². The normalized spacial score (nSPS) is 10.7. The van der Waals surface area contributed by atoms with Gasteiger partial charge in [-0.1, -0.05) is 23.9 Å². The van der Waals surface area contributed by atoms with Crippen LogP contribution in [0.15, 0.2) is 52.9 Å². The second kappa shape index (κ2) is 9.33. The van der Waals surface area contributed by atoms with Gasteiger partial charge in [0.1, 0.15) is 0 Å². The van der Waals surface area contributed by atoms with Crippen molar-refractivity contribution in [2.75, 3.05) is 24.2 Å². The summed E-state index contributed by atoms with van der Waals surface area (Å²) in [5, 5.41) is 16.6. The number of benzene rings is 2. The van der Waals surface area contributed by atoms with Gasteiger partial charge < -0.3 is 10.6 Å². The third-order valence-electron chi connectivity index (χ3n) is 3.68. The number of nitrogens with zero attached hydrogens (tertiary/aromatic N) is 2. The van der Waals surface area contributed by atoms with Gasteiger partial charge in [0, 0.05) is 43.1 Å². The van der Waals surface area contributed by atoms with Crippen LogP contribution in [-0.2, 0) is 4.79 Å². The second-order valence-electron chi connectivity index (χ2n) is 5.63. The van der Waals surface area contributed by atoms with E-state index in [-0.39, 0.29) is 11.6 Å². The summed E-state index contributed by atoms with van der Waals surface area (Å²) in [5.41, 5.74) is 1.83. The number of rotatable bonds is 9. The van der Waals surface area contributed by atoms with Crippen molar-refractivity contribution in [3.63, 3.8) is 0 Å². The number of carbonyl (C=O) groups is 1. The molecule has 0 saturated carbocycles. The van der Waals surface area contributed by atoms with Crippen molar-refractivity contribution in [3.8, 4) is 0 Å². The quantitative estimate of drug-likeness (QED) is 0.244. The highest BCUT2D eigenvalue weighted by Gasteiger charge is 2.06. The molecule has 1 aromatic heterocycles. The Kier molecular flexibility index (Phi) is 6.61. The van der Waals surface area contributed by atoms with Gasteiger partial charge in [0.2, 0.25) is 5.91 Å². The molecule has 0 unspecified atom stereocenters. The molecule has 0 saturated heterocycles. The summed E-state index contributed by atoms with van der Waals surface area (Å²) in [4.78, 5) is 26.6. The number of amides is 1. The lowest BCUT2D eigenvalue weighted by Crippen LogP contribution is -2.28. The van der Waals surface area contributed by atoms with Gasteiger partial charge in [0.25, 0.3) is 5.69 Å². The molecule has 1 amide bonds.